The smallest absolute Gasteiger partial charge is 0.277 e. The third kappa shape index (κ3) is 2.53. The number of hydrogen-bond acceptors (Lipinski definition) is 5. The molecule has 0 aliphatic carbocycles. The number of pyridine rings is 1. The molecule has 2 heterocycles. The average molecular weight is 301 g/mol. The molecule has 0 unspecified atom stereocenters. The van der Waals surface area contributed by atoms with E-state index in [0.717, 1.165) is 11.1 Å². The van der Waals surface area contributed by atoms with Gasteiger partial charge in [-0.1, -0.05) is 6.07 Å². The van der Waals surface area contributed by atoms with Crippen LogP contribution in [0.5, 0.6) is 0 Å². The zero-order chi connectivity index (χ0) is 15.7. The number of nitrogens with zero attached hydrogens (tertiary/aromatic N) is 2. The van der Waals surface area contributed by atoms with Gasteiger partial charge in [-0.2, -0.15) is 0 Å². The van der Waals surface area contributed by atoms with Crippen LogP contribution in [0.3, 0.4) is 0 Å². The van der Waals surface area contributed by atoms with Crippen LogP contribution in [-0.2, 0) is 9.59 Å². The third-order valence-corrected chi connectivity index (χ3v) is 3.26. The SMILES string of the molecule is O=C1C=C(Nc2ccc3cc(F)cnc3c2)C(=O)N1CCO. The lowest BCUT2D eigenvalue weighted by Gasteiger charge is -2.13. The highest BCUT2D eigenvalue weighted by Crippen LogP contribution is 2.21. The molecule has 0 spiro atoms. The molecule has 6 nitrogen and oxygen atoms in total. The number of imide groups is 1. The van der Waals surface area contributed by atoms with Crippen LogP contribution in [-0.4, -0.2) is 40.0 Å². The predicted molar refractivity (Wildman–Crippen MR) is 77.2 cm³/mol. The third-order valence-electron chi connectivity index (χ3n) is 3.26. The summed E-state index contributed by atoms with van der Waals surface area (Å²) in [6.45, 7) is -0.331. The van der Waals surface area contributed by atoms with E-state index in [1.54, 1.807) is 18.2 Å². The van der Waals surface area contributed by atoms with Crippen molar-refractivity contribution in [1.82, 2.24) is 9.88 Å². The quantitative estimate of drug-likeness (QED) is 0.824. The summed E-state index contributed by atoms with van der Waals surface area (Å²) < 4.78 is 13.1. The number of aliphatic hydroxyl groups excluding tert-OH is 1. The molecule has 0 bridgehead atoms. The monoisotopic (exact) mass is 301 g/mol. The standard InChI is InChI=1S/C15H12FN3O3/c16-10-5-9-1-2-11(6-12(9)17-8-10)18-13-7-14(21)19(3-4-20)15(13)22/h1-2,5-8,18,20H,3-4H2. The first-order valence-corrected chi connectivity index (χ1v) is 6.59. The van der Waals surface area contributed by atoms with Crippen LogP contribution in [0.25, 0.3) is 10.9 Å². The van der Waals surface area contributed by atoms with E-state index in [2.05, 4.69) is 10.3 Å². The summed E-state index contributed by atoms with van der Waals surface area (Å²) in [4.78, 5) is 28.6. The molecule has 1 aromatic carbocycles. The van der Waals surface area contributed by atoms with Gasteiger partial charge in [0, 0.05) is 17.1 Å². The topological polar surface area (TPSA) is 82.5 Å². The Balaban J connectivity index is 1.84. The zero-order valence-electron chi connectivity index (χ0n) is 11.4. The number of aromatic nitrogens is 1. The molecule has 0 saturated carbocycles. The van der Waals surface area contributed by atoms with Gasteiger partial charge in [0.1, 0.15) is 11.5 Å². The molecule has 1 aliphatic rings. The van der Waals surface area contributed by atoms with Crippen molar-refractivity contribution < 1.29 is 19.1 Å². The van der Waals surface area contributed by atoms with Gasteiger partial charge < -0.3 is 10.4 Å². The molecule has 0 saturated heterocycles. The number of amides is 2. The summed E-state index contributed by atoms with van der Waals surface area (Å²) >= 11 is 0. The normalized spacial score (nSPS) is 14.6. The van der Waals surface area contributed by atoms with Crippen LogP contribution in [0, 0.1) is 5.82 Å². The van der Waals surface area contributed by atoms with Crippen molar-refractivity contribution in [1.29, 1.82) is 0 Å². The number of carbonyl (C=O) groups is 2. The molecule has 7 heteroatoms. The van der Waals surface area contributed by atoms with Crippen molar-refractivity contribution in [3.63, 3.8) is 0 Å². The molecule has 2 N–H and O–H groups in total. The lowest BCUT2D eigenvalue weighted by atomic mass is 10.2. The minimum atomic E-state index is -0.494. The molecule has 0 atom stereocenters. The molecule has 1 aromatic heterocycles. The first-order valence-electron chi connectivity index (χ1n) is 6.59. The van der Waals surface area contributed by atoms with Crippen molar-refractivity contribution in [3.05, 3.63) is 48.1 Å². The maximum atomic E-state index is 13.1. The number of benzene rings is 1. The summed E-state index contributed by atoms with van der Waals surface area (Å²) in [6, 6.07) is 6.35. The number of carbonyl (C=O) groups excluding carboxylic acids is 2. The number of hydrogen-bond donors (Lipinski definition) is 2. The Labute approximate surface area is 124 Å². The first kappa shape index (κ1) is 14.2. The van der Waals surface area contributed by atoms with Crippen molar-refractivity contribution in [2.24, 2.45) is 0 Å². The van der Waals surface area contributed by atoms with E-state index in [9.17, 15) is 14.0 Å². The largest absolute Gasteiger partial charge is 0.395 e. The van der Waals surface area contributed by atoms with E-state index >= 15 is 0 Å². The number of rotatable bonds is 4. The first-order chi connectivity index (χ1) is 10.6. The van der Waals surface area contributed by atoms with Gasteiger partial charge in [-0.25, -0.2) is 4.39 Å². The maximum absolute atomic E-state index is 13.1. The van der Waals surface area contributed by atoms with E-state index in [1.165, 1.54) is 12.1 Å². The highest BCUT2D eigenvalue weighted by atomic mass is 19.1. The summed E-state index contributed by atoms with van der Waals surface area (Å²) in [7, 11) is 0. The van der Waals surface area contributed by atoms with Crippen molar-refractivity contribution >= 4 is 28.4 Å². The lowest BCUT2D eigenvalue weighted by molar-refractivity contribution is -0.137. The van der Waals surface area contributed by atoms with Crippen LogP contribution in [0.2, 0.25) is 0 Å². The second-order valence-electron chi connectivity index (χ2n) is 4.76. The van der Waals surface area contributed by atoms with Crippen LogP contribution in [0.1, 0.15) is 0 Å². The molecule has 1 aliphatic heterocycles. The fourth-order valence-corrected chi connectivity index (χ4v) is 2.24. The van der Waals surface area contributed by atoms with Crippen LogP contribution in [0.15, 0.2) is 42.2 Å². The van der Waals surface area contributed by atoms with Crippen molar-refractivity contribution in [2.75, 3.05) is 18.5 Å². The van der Waals surface area contributed by atoms with Gasteiger partial charge in [-0.3, -0.25) is 19.5 Å². The van der Waals surface area contributed by atoms with E-state index in [1.807, 2.05) is 0 Å². The zero-order valence-corrected chi connectivity index (χ0v) is 11.4. The summed E-state index contributed by atoms with van der Waals surface area (Å²) in [5.74, 6) is -1.39. The number of nitrogens with one attached hydrogen (secondary N) is 1. The van der Waals surface area contributed by atoms with Crippen molar-refractivity contribution in [3.8, 4) is 0 Å². The van der Waals surface area contributed by atoms with Gasteiger partial charge in [-0.05, 0) is 18.2 Å². The van der Waals surface area contributed by atoms with Crippen LogP contribution >= 0.6 is 0 Å². The highest BCUT2D eigenvalue weighted by molar-refractivity contribution is 6.17. The molecule has 2 amide bonds. The van der Waals surface area contributed by atoms with Crippen LogP contribution < -0.4 is 5.32 Å². The molecule has 2 aromatic rings. The van der Waals surface area contributed by atoms with E-state index in [-0.39, 0.29) is 18.8 Å². The Kier molecular flexibility index (Phi) is 3.56. The number of aliphatic hydroxyl groups is 1. The summed E-state index contributed by atoms with van der Waals surface area (Å²) in [6.07, 6.45) is 2.29. The van der Waals surface area contributed by atoms with Gasteiger partial charge in [0.2, 0.25) is 0 Å². The summed E-state index contributed by atoms with van der Waals surface area (Å²) in [5, 5.41) is 12.3. The Hall–Kier alpha value is -2.80. The Morgan fingerprint density at radius 2 is 2.09 bits per heavy atom. The van der Waals surface area contributed by atoms with E-state index in [0.29, 0.717) is 16.6 Å². The number of halogens is 1. The van der Waals surface area contributed by atoms with Crippen LogP contribution in [0.4, 0.5) is 10.1 Å². The minimum absolute atomic E-state index is 0.0438. The van der Waals surface area contributed by atoms with Gasteiger partial charge in [0.05, 0.1) is 24.9 Å². The molecular weight excluding hydrogens is 289 g/mol. The second kappa shape index (κ2) is 5.53. The minimum Gasteiger partial charge on any atom is -0.395 e. The summed E-state index contributed by atoms with van der Waals surface area (Å²) in [5.41, 5.74) is 1.25. The van der Waals surface area contributed by atoms with Gasteiger partial charge >= 0.3 is 0 Å². The Morgan fingerprint density at radius 1 is 1.27 bits per heavy atom. The Morgan fingerprint density at radius 3 is 2.86 bits per heavy atom. The second-order valence-corrected chi connectivity index (χ2v) is 4.76. The molecule has 0 fully saturated rings. The van der Waals surface area contributed by atoms with Gasteiger partial charge in [0.25, 0.3) is 11.8 Å². The maximum Gasteiger partial charge on any atom is 0.277 e. The number of anilines is 1. The molecule has 22 heavy (non-hydrogen) atoms. The lowest BCUT2D eigenvalue weighted by Crippen LogP contribution is -2.34. The van der Waals surface area contributed by atoms with E-state index < -0.39 is 17.6 Å². The average Bonchev–Trinajstić information content (AvgIpc) is 2.75. The molecule has 0 radical (unpaired) electrons. The number of fused-ring (bicyclic) bond motifs is 1. The molecule has 112 valence electrons. The van der Waals surface area contributed by atoms with E-state index in [4.69, 9.17) is 5.11 Å². The molecule has 3 rings (SSSR count). The number of β-amino-alcohol motifs (C(OH)–C–C–N with tert-alkyl or cyclic N) is 1. The molecular formula is C15H12FN3O3. The predicted octanol–water partition coefficient (Wildman–Crippen LogP) is 1.03. The van der Waals surface area contributed by atoms with Crippen molar-refractivity contribution in [2.45, 2.75) is 0 Å². The Bertz CT molecular complexity index is 804. The highest BCUT2D eigenvalue weighted by Gasteiger charge is 2.30. The fraction of sp³-hybridized carbons (Fsp3) is 0.133. The van der Waals surface area contributed by atoms with Gasteiger partial charge in [-0.15, -0.1) is 0 Å². The van der Waals surface area contributed by atoms with Gasteiger partial charge in [0.15, 0.2) is 0 Å². The fourth-order valence-electron chi connectivity index (χ4n) is 2.24.